The van der Waals surface area contributed by atoms with E-state index in [0.29, 0.717) is 5.56 Å². The first-order valence-corrected chi connectivity index (χ1v) is 7.53. The summed E-state index contributed by atoms with van der Waals surface area (Å²) in [4.78, 5) is 23.5. The number of amides is 2. The highest BCUT2D eigenvalue weighted by molar-refractivity contribution is 5.98. The van der Waals surface area contributed by atoms with Gasteiger partial charge in [-0.1, -0.05) is 30.3 Å². The van der Waals surface area contributed by atoms with Gasteiger partial charge in [-0.2, -0.15) is 0 Å². The van der Waals surface area contributed by atoms with Crippen LogP contribution in [0.3, 0.4) is 0 Å². The van der Waals surface area contributed by atoms with E-state index < -0.39 is 24.9 Å². The number of benzene rings is 2. The maximum atomic E-state index is 12.9. The number of carbonyl (C=O) groups is 2. The zero-order valence-electron chi connectivity index (χ0n) is 13.4. The number of hydrogen-bond acceptors (Lipinski definition) is 3. The summed E-state index contributed by atoms with van der Waals surface area (Å²) >= 11 is 0. The molecule has 2 rings (SSSR count). The molecule has 0 aromatic heterocycles. The van der Waals surface area contributed by atoms with Crippen LogP contribution in [0.15, 0.2) is 42.5 Å². The molecular weight excluding hydrogens is 352 g/mol. The van der Waals surface area contributed by atoms with E-state index in [0.717, 1.165) is 10.8 Å². The topological polar surface area (TPSA) is 84.2 Å². The lowest BCUT2D eigenvalue weighted by Gasteiger charge is -2.14. The van der Waals surface area contributed by atoms with Gasteiger partial charge in [0.05, 0.1) is 13.1 Å². The molecule has 4 N–H and O–H groups in total. The van der Waals surface area contributed by atoms with Crippen molar-refractivity contribution in [2.24, 2.45) is 5.73 Å². The van der Waals surface area contributed by atoms with Gasteiger partial charge in [0.1, 0.15) is 0 Å². The smallest absolute Gasteiger partial charge is 0.277 e. The summed E-state index contributed by atoms with van der Waals surface area (Å²) in [5.41, 5.74) is 5.35. The standard InChI is InChI=1S/C17H19F2N3O2.ClH/c18-17(19,10-20)11-22-15(23)7-8-21-16(24)14-6-5-12-3-1-2-4-13(12)9-14;/h1-6,9H,7-8,10-11,20H2,(H,21,24)(H,22,23);1H. The molecule has 0 aliphatic heterocycles. The van der Waals surface area contributed by atoms with E-state index in [9.17, 15) is 18.4 Å². The van der Waals surface area contributed by atoms with Crippen LogP contribution < -0.4 is 16.4 Å². The van der Waals surface area contributed by atoms with Crippen LogP contribution >= 0.6 is 12.4 Å². The van der Waals surface area contributed by atoms with Crippen molar-refractivity contribution in [3.8, 4) is 0 Å². The van der Waals surface area contributed by atoms with Crippen molar-refractivity contribution in [2.75, 3.05) is 19.6 Å². The summed E-state index contributed by atoms with van der Waals surface area (Å²) in [6.45, 7) is -1.57. The van der Waals surface area contributed by atoms with E-state index in [4.69, 9.17) is 5.73 Å². The van der Waals surface area contributed by atoms with Gasteiger partial charge in [-0.05, 0) is 22.9 Å². The zero-order valence-corrected chi connectivity index (χ0v) is 14.2. The molecule has 8 heteroatoms. The number of hydrogen-bond donors (Lipinski definition) is 3. The minimum atomic E-state index is -3.12. The molecule has 0 saturated heterocycles. The van der Waals surface area contributed by atoms with Gasteiger partial charge in [-0.25, -0.2) is 8.78 Å². The lowest BCUT2D eigenvalue weighted by Crippen LogP contribution is -2.42. The van der Waals surface area contributed by atoms with Gasteiger partial charge < -0.3 is 16.4 Å². The molecule has 0 spiro atoms. The third-order valence-corrected chi connectivity index (χ3v) is 3.49. The molecule has 0 bridgehead atoms. The average molecular weight is 372 g/mol. The Balaban J connectivity index is 0.00000312. The van der Waals surface area contributed by atoms with Gasteiger partial charge in [0.15, 0.2) is 0 Å². The number of alkyl halides is 2. The van der Waals surface area contributed by atoms with Crippen LogP contribution in [-0.4, -0.2) is 37.4 Å². The Morgan fingerprint density at radius 1 is 1.04 bits per heavy atom. The van der Waals surface area contributed by atoms with E-state index in [2.05, 4.69) is 10.6 Å². The highest BCUT2D eigenvalue weighted by atomic mass is 35.5. The Morgan fingerprint density at radius 2 is 1.72 bits per heavy atom. The average Bonchev–Trinajstić information content (AvgIpc) is 2.59. The first-order valence-electron chi connectivity index (χ1n) is 7.53. The van der Waals surface area contributed by atoms with E-state index in [-0.39, 0.29) is 31.3 Å². The lowest BCUT2D eigenvalue weighted by molar-refractivity contribution is -0.122. The van der Waals surface area contributed by atoms with Crippen LogP contribution in [0, 0.1) is 0 Å². The van der Waals surface area contributed by atoms with Gasteiger partial charge in [0.2, 0.25) is 5.91 Å². The van der Waals surface area contributed by atoms with Gasteiger partial charge in [-0.3, -0.25) is 9.59 Å². The molecule has 0 saturated carbocycles. The van der Waals surface area contributed by atoms with Gasteiger partial charge in [0, 0.05) is 18.5 Å². The molecule has 5 nitrogen and oxygen atoms in total. The van der Waals surface area contributed by atoms with Crippen molar-refractivity contribution in [1.29, 1.82) is 0 Å². The summed E-state index contributed by atoms with van der Waals surface area (Å²) in [7, 11) is 0. The molecule has 25 heavy (non-hydrogen) atoms. The van der Waals surface area contributed by atoms with Crippen molar-refractivity contribution < 1.29 is 18.4 Å². The molecule has 0 heterocycles. The number of fused-ring (bicyclic) bond motifs is 1. The van der Waals surface area contributed by atoms with Crippen molar-refractivity contribution in [3.05, 3.63) is 48.0 Å². The SMILES string of the molecule is Cl.NCC(F)(F)CNC(=O)CCNC(=O)c1ccc2ccccc2c1. The Hall–Kier alpha value is -2.25. The molecule has 0 aliphatic carbocycles. The van der Waals surface area contributed by atoms with Crippen LogP contribution in [0.2, 0.25) is 0 Å². The third-order valence-electron chi connectivity index (χ3n) is 3.49. The first-order chi connectivity index (χ1) is 11.4. The summed E-state index contributed by atoms with van der Waals surface area (Å²) in [5, 5.41) is 6.64. The summed E-state index contributed by atoms with van der Waals surface area (Å²) in [6.07, 6.45) is -0.0834. The minimum absolute atomic E-state index is 0. The van der Waals surface area contributed by atoms with E-state index in [1.165, 1.54) is 0 Å². The van der Waals surface area contributed by atoms with Crippen LogP contribution in [0.25, 0.3) is 10.8 Å². The zero-order chi connectivity index (χ0) is 17.6. The number of carbonyl (C=O) groups excluding carboxylic acids is 2. The second-order valence-electron chi connectivity index (χ2n) is 5.40. The molecule has 2 aromatic carbocycles. The summed E-state index contributed by atoms with van der Waals surface area (Å²) < 4.78 is 25.8. The molecule has 0 aliphatic rings. The first kappa shape index (κ1) is 20.8. The van der Waals surface area contributed by atoms with Gasteiger partial charge in [-0.15, -0.1) is 12.4 Å². The number of halogens is 3. The number of nitrogens with one attached hydrogen (secondary N) is 2. The van der Waals surface area contributed by atoms with Crippen LogP contribution in [0.4, 0.5) is 8.78 Å². The monoisotopic (exact) mass is 371 g/mol. The second-order valence-corrected chi connectivity index (χ2v) is 5.40. The minimum Gasteiger partial charge on any atom is -0.352 e. The highest BCUT2D eigenvalue weighted by Crippen LogP contribution is 2.15. The van der Waals surface area contributed by atoms with Crippen LogP contribution in [-0.2, 0) is 4.79 Å². The molecule has 0 fully saturated rings. The van der Waals surface area contributed by atoms with Crippen molar-refractivity contribution >= 4 is 35.0 Å². The van der Waals surface area contributed by atoms with Crippen molar-refractivity contribution in [2.45, 2.75) is 12.3 Å². The molecule has 0 atom stereocenters. The summed E-state index contributed by atoms with van der Waals surface area (Å²) in [6, 6.07) is 12.9. The Bertz CT molecular complexity index is 741. The van der Waals surface area contributed by atoms with E-state index >= 15 is 0 Å². The quantitative estimate of drug-likeness (QED) is 0.696. The predicted octanol–water partition coefficient (Wildman–Crippen LogP) is 2.09. The largest absolute Gasteiger partial charge is 0.352 e. The molecule has 2 aromatic rings. The Morgan fingerprint density at radius 3 is 2.40 bits per heavy atom. The molecule has 0 radical (unpaired) electrons. The fourth-order valence-electron chi connectivity index (χ4n) is 2.11. The summed E-state index contributed by atoms with van der Waals surface area (Å²) in [5.74, 6) is -4.01. The fraction of sp³-hybridized carbons (Fsp3) is 0.294. The maximum Gasteiger partial charge on any atom is 0.277 e. The van der Waals surface area contributed by atoms with Crippen molar-refractivity contribution in [1.82, 2.24) is 10.6 Å². The normalized spacial score (nSPS) is 10.8. The lowest BCUT2D eigenvalue weighted by atomic mass is 10.1. The molecule has 0 unspecified atom stereocenters. The molecule has 136 valence electrons. The molecular formula is C17H20ClF2N3O2. The molecule has 2 amide bonds. The number of nitrogens with two attached hydrogens (primary N) is 1. The Labute approximate surface area is 150 Å². The Kier molecular flexibility index (Phi) is 7.73. The van der Waals surface area contributed by atoms with Gasteiger partial charge >= 0.3 is 0 Å². The fourth-order valence-corrected chi connectivity index (χ4v) is 2.11. The predicted molar refractivity (Wildman–Crippen MR) is 95.2 cm³/mol. The highest BCUT2D eigenvalue weighted by Gasteiger charge is 2.26. The third kappa shape index (κ3) is 6.28. The number of rotatable bonds is 7. The van der Waals surface area contributed by atoms with Gasteiger partial charge in [0.25, 0.3) is 11.8 Å². The van der Waals surface area contributed by atoms with Crippen molar-refractivity contribution in [3.63, 3.8) is 0 Å². The maximum absolute atomic E-state index is 12.9. The van der Waals surface area contributed by atoms with E-state index in [1.807, 2.05) is 30.3 Å². The van der Waals surface area contributed by atoms with E-state index in [1.54, 1.807) is 12.1 Å². The van der Waals surface area contributed by atoms with Crippen LogP contribution in [0.5, 0.6) is 0 Å². The van der Waals surface area contributed by atoms with Crippen LogP contribution in [0.1, 0.15) is 16.8 Å². The second kappa shape index (κ2) is 9.29.